The van der Waals surface area contributed by atoms with Crippen LogP contribution in [-0.2, 0) is 0 Å². The summed E-state index contributed by atoms with van der Waals surface area (Å²) in [6.07, 6.45) is 0.556. The summed E-state index contributed by atoms with van der Waals surface area (Å²) >= 11 is 3.04. The summed E-state index contributed by atoms with van der Waals surface area (Å²) < 4.78 is 31.9. The second kappa shape index (κ2) is 4.13. The molecule has 0 N–H and O–H groups in total. The van der Waals surface area contributed by atoms with Crippen LogP contribution in [0.4, 0.5) is 8.78 Å². The number of fused-ring (bicyclic) bond motifs is 1. The predicted molar refractivity (Wildman–Crippen MR) is 57.7 cm³/mol. The molecule has 1 unspecified atom stereocenters. The summed E-state index contributed by atoms with van der Waals surface area (Å²) in [6.45, 7) is 1.89. The molecule has 0 amide bonds. The minimum absolute atomic E-state index is 0.109. The molecule has 0 spiro atoms. The third kappa shape index (κ3) is 1.63. The molecular weight excluding hydrogens is 282 g/mol. The highest BCUT2D eigenvalue weighted by Crippen LogP contribution is 2.39. The fourth-order valence-electron chi connectivity index (χ4n) is 1.72. The van der Waals surface area contributed by atoms with E-state index in [1.807, 2.05) is 6.92 Å². The summed E-state index contributed by atoms with van der Waals surface area (Å²) in [5.74, 6) is -2.67. The van der Waals surface area contributed by atoms with Crippen molar-refractivity contribution in [3.8, 4) is 5.75 Å². The van der Waals surface area contributed by atoms with Crippen LogP contribution < -0.4 is 4.74 Å². The lowest BCUT2D eigenvalue weighted by Gasteiger charge is -2.06. The van der Waals surface area contributed by atoms with Crippen molar-refractivity contribution in [2.24, 2.45) is 0 Å². The Morgan fingerprint density at radius 3 is 2.81 bits per heavy atom. The van der Waals surface area contributed by atoms with E-state index in [1.54, 1.807) is 0 Å². The van der Waals surface area contributed by atoms with E-state index in [1.165, 1.54) is 0 Å². The first-order valence-corrected chi connectivity index (χ1v) is 5.74. The average molecular weight is 291 g/mol. The Labute approximate surface area is 99.7 Å². The minimum Gasteiger partial charge on any atom is -0.478 e. The van der Waals surface area contributed by atoms with E-state index in [2.05, 4.69) is 15.9 Å². The number of hydrogen-bond donors (Lipinski definition) is 0. The number of ether oxygens (including phenoxy) is 1. The highest BCUT2D eigenvalue weighted by molar-refractivity contribution is 9.10. The van der Waals surface area contributed by atoms with Crippen molar-refractivity contribution in [3.63, 3.8) is 0 Å². The maximum atomic E-state index is 13.4. The first kappa shape index (κ1) is 11.5. The van der Waals surface area contributed by atoms with Crippen molar-refractivity contribution < 1.29 is 18.3 Å². The van der Waals surface area contributed by atoms with Gasteiger partial charge in [-0.25, -0.2) is 4.39 Å². The van der Waals surface area contributed by atoms with Crippen LogP contribution in [0.25, 0.3) is 0 Å². The molecule has 0 saturated carbocycles. The molecule has 1 atom stereocenters. The van der Waals surface area contributed by atoms with Crippen molar-refractivity contribution in [1.82, 2.24) is 0 Å². The number of halogens is 3. The molecule has 0 radical (unpaired) electrons. The molecule has 2 rings (SSSR count). The van der Waals surface area contributed by atoms with Crippen molar-refractivity contribution in [1.29, 1.82) is 0 Å². The summed E-state index contributed by atoms with van der Waals surface area (Å²) in [4.78, 5) is 11.8. The third-order valence-corrected chi connectivity index (χ3v) is 3.10. The van der Waals surface area contributed by atoms with Crippen molar-refractivity contribution in [2.45, 2.75) is 25.9 Å². The standard InChI is InChI=1S/C11H9BrF2O2/c1-2-3-7-10(15)8-5(12)4-6(13)9(14)11(8)16-7/h4,7H,2-3H2,1H3. The molecule has 0 saturated heterocycles. The van der Waals surface area contributed by atoms with Gasteiger partial charge in [0.15, 0.2) is 17.7 Å². The highest BCUT2D eigenvalue weighted by atomic mass is 79.9. The first-order chi connectivity index (χ1) is 7.56. The molecule has 16 heavy (non-hydrogen) atoms. The van der Waals surface area contributed by atoms with Gasteiger partial charge in [-0.05, 0) is 28.4 Å². The van der Waals surface area contributed by atoms with Crippen molar-refractivity contribution >= 4 is 21.7 Å². The summed E-state index contributed by atoms with van der Waals surface area (Å²) in [7, 11) is 0. The lowest BCUT2D eigenvalue weighted by Crippen LogP contribution is -2.19. The van der Waals surface area contributed by atoms with Crippen molar-refractivity contribution in [2.75, 3.05) is 0 Å². The molecule has 1 aliphatic heterocycles. The van der Waals surface area contributed by atoms with E-state index >= 15 is 0 Å². The van der Waals surface area contributed by atoms with Crippen LogP contribution in [-0.4, -0.2) is 11.9 Å². The van der Waals surface area contributed by atoms with E-state index in [0.29, 0.717) is 6.42 Å². The summed E-state index contributed by atoms with van der Waals surface area (Å²) in [6, 6.07) is 0.948. The zero-order valence-corrected chi connectivity index (χ0v) is 10.1. The molecule has 2 nitrogen and oxygen atoms in total. The van der Waals surface area contributed by atoms with Gasteiger partial charge in [-0.1, -0.05) is 13.3 Å². The van der Waals surface area contributed by atoms with Gasteiger partial charge >= 0.3 is 0 Å². The Balaban J connectivity index is 2.51. The van der Waals surface area contributed by atoms with E-state index < -0.39 is 17.7 Å². The first-order valence-electron chi connectivity index (χ1n) is 4.94. The molecule has 1 aliphatic rings. The van der Waals surface area contributed by atoms with Crippen LogP contribution in [0.3, 0.4) is 0 Å². The maximum absolute atomic E-state index is 13.4. The number of ketones is 1. The molecule has 0 aliphatic carbocycles. The molecular formula is C11H9BrF2O2. The van der Waals surface area contributed by atoms with Gasteiger partial charge in [0.1, 0.15) is 0 Å². The lowest BCUT2D eigenvalue weighted by atomic mass is 10.1. The molecule has 0 fully saturated rings. The van der Waals surface area contributed by atoms with Gasteiger partial charge in [0, 0.05) is 4.47 Å². The molecule has 0 bridgehead atoms. The van der Waals surface area contributed by atoms with E-state index in [4.69, 9.17) is 4.74 Å². The Hall–Kier alpha value is -0.970. The largest absolute Gasteiger partial charge is 0.478 e. The molecule has 5 heteroatoms. The summed E-state index contributed by atoms with van der Waals surface area (Å²) in [5.41, 5.74) is 0.109. The second-order valence-corrected chi connectivity index (χ2v) is 4.47. The highest BCUT2D eigenvalue weighted by Gasteiger charge is 2.37. The number of benzene rings is 1. The summed E-state index contributed by atoms with van der Waals surface area (Å²) in [5, 5.41) is 0. The molecule has 1 aromatic carbocycles. The lowest BCUT2D eigenvalue weighted by molar-refractivity contribution is 0.0841. The fraction of sp³-hybridized carbons (Fsp3) is 0.364. The average Bonchev–Trinajstić information content (AvgIpc) is 2.55. The van der Waals surface area contributed by atoms with Gasteiger partial charge in [0.05, 0.1) is 5.56 Å². The number of carbonyl (C=O) groups excluding carboxylic acids is 1. The quantitative estimate of drug-likeness (QED) is 0.780. The van der Waals surface area contributed by atoms with E-state index in [-0.39, 0.29) is 21.6 Å². The number of rotatable bonds is 2. The number of carbonyl (C=O) groups is 1. The predicted octanol–water partition coefficient (Wildman–Crippen LogP) is 3.47. The normalized spacial score (nSPS) is 18.5. The van der Waals surface area contributed by atoms with Gasteiger partial charge in [-0.2, -0.15) is 4.39 Å². The Morgan fingerprint density at radius 2 is 2.19 bits per heavy atom. The maximum Gasteiger partial charge on any atom is 0.208 e. The minimum atomic E-state index is -1.09. The monoisotopic (exact) mass is 290 g/mol. The fourth-order valence-corrected chi connectivity index (χ4v) is 2.30. The van der Waals surface area contributed by atoms with Gasteiger partial charge < -0.3 is 4.74 Å². The van der Waals surface area contributed by atoms with E-state index in [0.717, 1.165) is 12.5 Å². The van der Waals surface area contributed by atoms with Gasteiger partial charge in [0.25, 0.3) is 0 Å². The van der Waals surface area contributed by atoms with Gasteiger partial charge in [-0.3, -0.25) is 4.79 Å². The zero-order valence-electron chi connectivity index (χ0n) is 8.52. The Kier molecular flexibility index (Phi) is 2.97. The Morgan fingerprint density at radius 1 is 1.50 bits per heavy atom. The molecule has 1 aromatic rings. The van der Waals surface area contributed by atoms with Gasteiger partial charge in [-0.15, -0.1) is 0 Å². The zero-order chi connectivity index (χ0) is 11.9. The van der Waals surface area contributed by atoms with E-state index in [9.17, 15) is 13.6 Å². The van der Waals surface area contributed by atoms with Crippen LogP contribution in [0.2, 0.25) is 0 Å². The molecule has 0 aromatic heterocycles. The van der Waals surface area contributed by atoms with Crippen LogP contribution in [0.15, 0.2) is 10.5 Å². The van der Waals surface area contributed by atoms with Gasteiger partial charge in [0.2, 0.25) is 11.6 Å². The Bertz CT molecular complexity index is 460. The number of hydrogen-bond acceptors (Lipinski definition) is 2. The molecule has 1 heterocycles. The van der Waals surface area contributed by atoms with Crippen molar-refractivity contribution in [3.05, 3.63) is 27.7 Å². The van der Waals surface area contributed by atoms with Crippen LogP contribution in [0.1, 0.15) is 30.1 Å². The molecule has 86 valence electrons. The smallest absolute Gasteiger partial charge is 0.208 e. The second-order valence-electron chi connectivity index (χ2n) is 3.62. The number of Topliss-reactive ketones (excluding diaryl/α,β-unsaturated/α-hetero) is 1. The van der Waals surface area contributed by atoms with Crippen LogP contribution in [0, 0.1) is 11.6 Å². The third-order valence-electron chi connectivity index (χ3n) is 2.48. The van der Waals surface area contributed by atoms with Crippen LogP contribution >= 0.6 is 15.9 Å². The van der Waals surface area contributed by atoms with Crippen LogP contribution in [0.5, 0.6) is 5.75 Å². The topological polar surface area (TPSA) is 26.3 Å². The SMILES string of the molecule is CCCC1Oc2c(F)c(F)cc(Br)c2C1=O.